The normalized spacial score (nSPS) is 24.0. The minimum absolute atomic E-state index is 0.0805. The van der Waals surface area contributed by atoms with Gasteiger partial charge in [0.25, 0.3) is 0 Å². The van der Waals surface area contributed by atoms with Gasteiger partial charge in [0.2, 0.25) is 5.91 Å². The molecule has 0 aliphatic carbocycles. The number of esters is 1. The van der Waals surface area contributed by atoms with Crippen LogP contribution in [0.2, 0.25) is 0 Å². The lowest BCUT2D eigenvalue weighted by molar-refractivity contribution is -0.134. The number of amides is 1. The van der Waals surface area contributed by atoms with Gasteiger partial charge in [-0.3, -0.25) is 4.79 Å². The highest BCUT2D eigenvalue weighted by atomic mass is 32.2. The van der Waals surface area contributed by atoms with E-state index >= 15 is 0 Å². The van der Waals surface area contributed by atoms with E-state index < -0.39 is 5.97 Å². The summed E-state index contributed by atoms with van der Waals surface area (Å²) in [6, 6.07) is 0. The predicted molar refractivity (Wildman–Crippen MR) is 83.7 cm³/mol. The zero-order valence-corrected chi connectivity index (χ0v) is 13.9. The van der Waals surface area contributed by atoms with Gasteiger partial charge < -0.3 is 14.5 Å². The number of hydrogen-bond acceptors (Lipinski definition) is 5. The van der Waals surface area contributed by atoms with Gasteiger partial charge in [0.1, 0.15) is 0 Å². The van der Waals surface area contributed by atoms with Crippen LogP contribution in [0.25, 0.3) is 0 Å². The van der Waals surface area contributed by atoms with E-state index in [1.54, 1.807) is 4.90 Å². The van der Waals surface area contributed by atoms with Gasteiger partial charge >= 0.3 is 5.97 Å². The van der Waals surface area contributed by atoms with Crippen LogP contribution in [0.1, 0.15) is 26.7 Å². The third-order valence-corrected chi connectivity index (χ3v) is 4.99. The Morgan fingerprint density at radius 2 is 2.19 bits per heavy atom. The van der Waals surface area contributed by atoms with E-state index in [4.69, 9.17) is 0 Å². The van der Waals surface area contributed by atoms with Crippen molar-refractivity contribution >= 4 is 23.6 Å². The van der Waals surface area contributed by atoms with Gasteiger partial charge in [-0.2, -0.15) is 0 Å². The smallest absolute Gasteiger partial charge is 0.333 e. The molecule has 2 aliphatic heterocycles. The first-order valence-corrected chi connectivity index (χ1v) is 8.35. The molecule has 6 heteroatoms. The van der Waals surface area contributed by atoms with Crippen LogP contribution in [0.4, 0.5) is 0 Å². The SMILES string of the molecule is COC(=O)/C=C1/SCC(=O)N1CCCN1CCC(C)(C)C1. The lowest BCUT2D eigenvalue weighted by Gasteiger charge is -2.21. The molecule has 0 saturated carbocycles. The van der Waals surface area contributed by atoms with Gasteiger partial charge in [-0.15, -0.1) is 0 Å². The average molecular weight is 312 g/mol. The van der Waals surface area contributed by atoms with E-state index in [0.29, 0.717) is 22.7 Å². The van der Waals surface area contributed by atoms with Gasteiger partial charge in [-0.1, -0.05) is 25.6 Å². The summed E-state index contributed by atoms with van der Waals surface area (Å²) >= 11 is 1.41. The molecule has 2 rings (SSSR count). The zero-order chi connectivity index (χ0) is 15.5. The van der Waals surface area contributed by atoms with Gasteiger partial charge in [0.05, 0.1) is 24.0 Å². The number of nitrogens with zero attached hydrogens (tertiary/aromatic N) is 2. The predicted octanol–water partition coefficient (Wildman–Crippen LogP) is 1.70. The number of thioether (sulfide) groups is 1. The van der Waals surface area contributed by atoms with Crippen LogP contribution < -0.4 is 0 Å². The maximum atomic E-state index is 11.9. The summed E-state index contributed by atoms with van der Waals surface area (Å²) in [6.07, 6.45) is 3.58. The summed E-state index contributed by atoms with van der Waals surface area (Å²) in [7, 11) is 1.35. The minimum Gasteiger partial charge on any atom is -0.466 e. The number of methoxy groups -OCH3 is 1. The first-order valence-electron chi connectivity index (χ1n) is 7.36. The summed E-state index contributed by atoms with van der Waals surface area (Å²) in [6.45, 7) is 8.53. The van der Waals surface area contributed by atoms with E-state index in [1.807, 2.05) is 0 Å². The monoisotopic (exact) mass is 312 g/mol. The second-order valence-corrected chi connectivity index (χ2v) is 7.38. The van der Waals surface area contributed by atoms with Crippen LogP contribution in [0.15, 0.2) is 11.1 Å². The Morgan fingerprint density at radius 3 is 2.81 bits per heavy atom. The van der Waals surface area contributed by atoms with Crippen molar-refractivity contribution in [2.24, 2.45) is 5.41 Å². The fourth-order valence-corrected chi connectivity index (χ4v) is 3.75. The zero-order valence-electron chi connectivity index (χ0n) is 13.1. The van der Waals surface area contributed by atoms with E-state index in [1.165, 1.54) is 31.4 Å². The number of carbonyl (C=O) groups is 2. The molecule has 0 aromatic heterocycles. The number of ether oxygens (including phenoxy) is 1. The molecular formula is C15H24N2O3S. The van der Waals surface area contributed by atoms with Crippen LogP contribution in [0.3, 0.4) is 0 Å². The highest BCUT2D eigenvalue weighted by molar-refractivity contribution is 8.04. The summed E-state index contributed by atoms with van der Waals surface area (Å²) in [5.41, 5.74) is 0.412. The summed E-state index contributed by atoms with van der Waals surface area (Å²) in [5, 5.41) is 0.716. The molecule has 0 spiro atoms. The lowest BCUT2D eigenvalue weighted by atomic mass is 9.93. The Balaban J connectivity index is 1.82. The molecule has 1 amide bonds. The molecule has 0 aromatic carbocycles. The van der Waals surface area contributed by atoms with Gasteiger partial charge in [-0.25, -0.2) is 4.79 Å². The molecule has 0 atom stereocenters. The van der Waals surface area contributed by atoms with Crippen molar-refractivity contribution in [3.63, 3.8) is 0 Å². The number of carbonyl (C=O) groups excluding carboxylic acids is 2. The molecule has 2 aliphatic rings. The maximum Gasteiger partial charge on any atom is 0.333 e. The molecular weight excluding hydrogens is 288 g/mol. The minimum atomic E-state index is -0.404. The highest BCUT2D eigenvalue weighted by Crippen LogP contribution is 2.30. The fraction of sp³-hybridized carbons (Fsp3) is 0.733. The molecule has 118 valence electrons. The first kappa shape index (κ1) is 16.4. The highest BCUT2D eigenvalue weighted by Gasteiger charge is 2.30. The van der Waals surface area contributed by atoms with E-state index in [9.17, 15) is 9.59 Å². The summed E-state index contributed by atoms with van der Waals surface area (Å²) < 4.78 is 4.63. The fourth-order valence-electron chi connectivity index (χ4n) is 2.80. The average Bonchev–Trinajstić information content (AvgIpc) is 2.94. The van der Waals surface area contributed by atoms with E-state index in [0.717, 1.165) is 26.1 Å². The molecule has 0 bridgehead atoms. The number of hydrogen-bond donors (Lipinski definition) is 0. The van der Waals surface area contributed by atoms with Crippen LogP contribution in [0, 0.1) is 5.41 Å². The van der Waals surface area contributed by atoms with Crippen molar-refractivity contribution < 1.29 is 14.3 Å². The topological polar surface area (TPSA) is 49.9 Å². The first-order chi connectivity index (χ1) is 9.91. The Bertz CT molecular complexity index is 448. The van der Waals surface area contributed by atoms with E-state index in [-0.39, 0.29) is 5.91 Å². The van der Waals surface area contributed by atoms with Crippen LogP contribution in [0.5, 0.6) is 0 Å². The quantitative estimate of drug-likeness (QED) is 0.571. The second kappa shape index (κ2) is 6.83. The molecule has 0 N–H and O–H groups in total. The van der Waals surface area contributed by atoms with Crippen molar-refractivity contribution in [2.45, 2.75) is 26.7 Å². The molecule has 5 nitrogen and oxygen atoms in total. The van der Waals surface area contributed by atoms with Crippen molar-refractivity contribution in [3.8, 4) is 0 Å². The number of rotatable bonds is 5. The largest absolute Gasteiger partial charge is 0.466 e. The maximum absolute atomic E-state index is 11.9. The molecule has 2 heterocycles. The van der Waals surface area contributed by atoms with Crippen molar-refractivity contribution in [3.05, 3.63) is 11.1 Å². The molecule has 0 unspecified atom stereocenters. The summed E-state index contributed by atoms with van der Waals surface area (Å²) in [4.78, 5) is 27.4. The van der Waals surface area contributed by atoms with Crippen LogP contribution >= 0.6 is 11.8 Å². The molecule has 21 heavy (non-hydrogen) atoms. The van der Waals surface area contributed by atoms with Gasteiger partial charge in [0.15, 0.2) is 0 Å². The number of likely N-dealkylation sites (tertiary alicyclic amines) is 1. The van der Waals surface area contributed by atoms with Crippen molar-refractivity contribution in [1.29, 1.82) is 0 Å². The van der Waals surface area contributed by atoms with E-state index in [2.05, 4.69) is 23.5 Å². The standard InChI is InChI=1S/C15H24N2O3S/c1-15(2)5-8-16(11-15)6-4-7-17-12(18)10-21-13(17)9-14(19)20-3/h9H,4-8,10-11H2,1-3H3/b13-9+. The third kappa shape index (κ3) is 4.48. The second-order valence-electron chi connectivity index (χ2n) is 6.38. The van der Waals surface area contributed by atoms with Crippen LogP contribution in [-0.4, -0.2) is 60.7 Å². The summed E-state index contributed by atoms with van der Waals surface area (Å²) in [5.74, 6) is 0.0925. The Hall–Kier alpha value is -1.01. The Labute approximate surface area is 130 Å². The van der Waals surface area contributed by atoms with Crippen molar-refractivity contribution in [2.75, 3.05) is 39.0 Å². The molecule has 2 fully saturated rings. The van der Waals surface area contributed by atoms with Crippen molar-refractivity contribution in [1.82, 2.24) is 9.80 Å². The van der Waals surface area contributed by atoms with Gasteiger partial charge in [-0.05, 0) is 31.3 Å². The molecule has 2 saturated heterocycles. The lowest BCUT2D eigenvalue weighted by Crippen LogP contribution is -2.30. The third-order valence-electron chi connectivity index (χ3n) is 3.97. The molecule has 0 radical (unpaired) electrons. The van der Waals surface area contributed by atoms with Crippen LogP contribution in [-0.2, 0) is 14.3 Å². The Morgan fingerprint density at radius 1 is 1.43 bits per heavy atom. The Kier molecular flexibility index (Phi) is 5.32. The van der Waals surface area contributed by atoms with Gasteiger partial charge in [0, 0.05) is 13.1 Å². The molecule has 0 aromatic rings.